The van der Waals surface area contributed by atoms with Gasteiger partial charge in [0.1, 0.15) is 6.54 Å². The number of imide groups is 1. The van der Waals surface area contributed by atoms with E-state index in [2.05, 4.69) is 10.2 Å². The van der Waals surface area contributed by atoms with Gasteiger partial charge in [0, 0.05) is 24.5 Å². The number of benzene rings is 3. The summed E-state index contributed by atoms with van der Waals surface area (Å²) in [4.78, 5) is 41.5. The molecule has 0 spiro atoms. The fraction of sp³-hybridized carbons (Fsp3) is 0.192. The molecule has 0 radical (unpaired) electrons. The Kier molecular flexibility index (Phi) is 6.33. The SMILES string of the molecule is O=C(CN1C(=O)S/C(=C/c2cccc3ccccc23)C1=O)Nc1ccc(N2CCOCC2)cc1. The number of fused-ring (bicyclic) bond motifs is 1. The molecule has 3 aromatic rings. The van der Waals surface area contributed by atoms with Crippen LogP contribution in [0.15, 0.2) is 71.6 Å². The highest BCUT2D eigenvalue weighted by Crippen LogP contribution is 2.33. The van der Waals surface area contributed by atoms with E-state index < -0.39 is 17.1 Å². The lowest BCUT2D eigenvalue weighted by Crippen LogP contribution is -2.36. The molecule has 0 atom stereocenters. The molecule has 1 N–H and O–H groups in total. The van der Waals surface area contributed by atoms with Crippen LogP contribution in [0.25, 0.3) is 16.8 Å². The monoisotopic (exact) mass is 473 g/mol. The number of rotatable bonds is 5. The van der Waals surface area contributed by atoms with Gasteiger partial charge in [-0.3, -0.25) is 19.3 Å². The van der Waals surface area contributed by atoms with E-state index in [4.69, 9.17) is 4.74 Å². The first-order chi connectivity index (χ1) is 16.6. The first-order valence-electron chi connectivity index (χ1n) is 11.0. The second-order valence-corrected chi connectivity index (χ2v) is 9.02. The third-order valence-electron chi connectivity index (χ3n) is 5.81. The van der Waals surface area contributed by atoms with Crippen molar-refractivity contribution in [1.29, 1.82) is 0 Å². The Labute approximate surface area is 201 Å². The highest BCUT2D eigenvalue weighted by molar-refractivity contribution is 8.18. The van der Waals surface area contributed by atoms with Gasteiger partial charge in [-0.15, -0.1) is 0 Å². The summed E-state index contributed by atoms with van der Waals surface area (Å²) in [5.74, 6) is -0.881. The van der Waals surface area contributed by atoms with E-state index >= 15 is 0 Å². The molecule has 2 heterocycles. The molecule has 0 saturated carbocycles. The Hall–Kier alpha value is -3.62. The van der Waals surface area contributed by atoms with Crippen LogP contribution in [-0.2, 0) is 14.3 Å². The van der Waals surface area contributed by atoms with Gasteiger partial charge in [0.15, 0.2) is 0 Å². The molecule has 0 bridgehead atoms. The standard InChI is InChI=1S/C26H23N3O4S/c30-24(27-20-8-10-21(11-9-20)28-12-14-33-15-13-28)17-29-25(31)23(34-26(29)32)16-19-6-3-5-18-4-1-2-7-22(18)19/h1-11,16H,12-15,17H2,(H,27,30)/b23-16+. The van der Waals surface area contributed by atoms with Gasteiger partial charge in [-0.1, -0.05) is 42.5 Å². The normalized spacial score (nSPS) is 17.6. The minimum absolute atomic E-state index is 0.309. The van der Waals surface area contributed by atoms with Crippen molar-refractivity contribution in [2.75, 3.05) is 43.1 Å². The number of amides is 3. The molecule has 3 aromatic carbocycles. The van der Waals surface area contributed by atoms with Gasteiger partial charge in [-0.25, -0.2) is 0 Å². The average Bonchev–Trinajstić information content (AvgIpc) is 3.12. The van der Waals surface area contributed by atoms with E-state index in [-0.39, 0.29) is 6.54 Å². The number of hydrogen-bond donors (Lipinski definition) is 1. The van der Waals surface area contributed by atoms with Gasteiger partial charge in [-0.2, -0.15) is 0 Å². The molecule has 2 aliphatic heterocycles. The maximum absolute atomic E-state index is 12.9. The topological polar surface area (TPSA) is 79.0 Å². The first-order valence-corrected chi connectivity index (χ1v) is 11.9. The van der Waals surface area contributed by atoms with E-state index in [9.17, 15) is 14.4 Å². The highest BCUT2D eigenvalue weighted by atomic mass is 32.2. The zero-order valence-electron chi connectivity index (χ0n) is 18.4. The molecule has 2 saturated heterocycles. The maximum atomic E-state index is 12.9. The molecule has 2 aliphatic rings. The number of thioether (sulfide) groups is 1. The Morgan fingerprint density at radius 2 is 1.71 bits per heavy atom. The van der Waals surface area contributed by atoms with Crippen LogP contribution < -0.4 is 10.2 Å². The van der Waals surface area contributed by atoms with Gasteiger partial charge in [0.2, 0.25) is 5.91 Å². The largest absolute Gasteiger partial charge is 0.378 e. The number of ether oxygens (including phenoxy) is 1. The number of carbonyl (C=O) groups is 3. The number of nitrogens with one attached hydrogen (secondary N) is 1. The molecule has 2 fully saturated rings. The molecule has 3 amide bonds. The van der Waals surface area contributed by atoms with Crippen molar-refractivity contribution in [1.82, 2.24) is 4.90 Å². The number of hydrogen-bond acceptors (Lipinski definition) is 6. The lowest BCUT2D eigenvalue weighted by molar-refractivity contribution is -0.127. The summed E-state index contributed by atoms with van der Waals surface area (Å²) >= 11 is 0.854. The minimum atomic E-state index is -0.458. The molecule has 0 unspecified atom stereocenters. The van der Waals surface area contributed by atoms with Crippen LogP contribution in [0, 0.1) is 0 Å². The predicted molar refractivity (Wildman–Crippen MR) is 135 cm³/mol. The van der Waals surface area contributed by atoms with Gasteiger partial charge >= 0.3 is 0 Å². The fourth-order valence-electron chi connectivity index (χ4n) is 4.08. The molecular weight excluding hydrogens is 450 g/mol. The van der Waals surface area contributed by atoms with E-state index in [1.165, 1.54) is 0 Å². The van der Waals surface area contributed by atoms with Gasteiger partial charge in [-0.05, 0) is 58.4 Å². The van der Waals surface area contributed by atoms with Crippen LogP contribution in [0.5, 0.6) is 0 Å². The number of morpholine rings is 1. The van der Waals surface area contributed by atoms with Gasteiger partial charge < -0.3 is 15.0 Å². The molecule has 8 heteroatoms. The quantitative estimate of drug-likeness (QED) is 0.555. The lowest BCUT2D eigenvalue weighted by atomic mass is 10.0. The smallest absolute Gasteiger partial charge is 0.294 e. The Bertz CT molecular complexity index is 1280. The summed E-state index contributed by atoms with van der Waals surface area (Å²) in [7, 11) is 0. The van der Waals surface area contributed by atoms with Crippen LogP contribution in [0.1, 0.15) is 5.56 Å². The number of carbonyl (C=O) groups excluding carboxylic acids is 3. The fourth-order valence-corrected chi connectivity index (χ4v) is 4.90. The summed E-state index contributed by atoms with van der Waals surface area (Å²) in [6, 6.07) is 21.2. The third kappa shape index (κ3) is 4.69. The lowest BCUT2D eigenvalue weighted by Gasteiger charge is -2.28. The molecule has 34 heavy (non-hydrogen) atoms. The zero-order chi connectivity index (χ0) is 23.5. The Balaban J connectivity index is 1.25. The highest BCUT2D eigenvalue weighted by Gasteiger charge is 2.36. The second kappa shape index (κ2) is 9.70. The van der Waals surface area contributed by atoms with Crippen LogP contribution in [0.4, 0.5) is 16.2 Å². The van der Waals surface area contributed by atoms with Crippen LogP contribution in [0.2, 0.25) is 0 Å². The average molecular weight is 474 g/mol. The van der Waals surface area contributed by atoms with Crippen LogP contribution in [-0.4, -0.2) is 54.8 Å². The number of anilines is 2. The van der Waals surface area contributed by atoms with Crippen molar-refractivity contribution in [3.8, 4) is 0 Å². The van der Waals surface area contributed by atoms with Crippen molar-refractivity contribution < 1.29 is 19.1 Å². The van der Waals surface area contributed by atoms with Crippen molar-refractivity contribution in [3.05, 3.63) is 77.2 Å². The zero-order valence-corrected chi connectivity index (χ0v) is 19.2. The van der Waals surface area contributed by atoms with Crippen LogP contribution in [0.3, 0.4) is 0 Å². The maximum Gasteiger partial charge on any atom is 0.294 e. The Morgan fingerprint density at radius 3 is 2.50 bits per heavy atom. The van der Waals surface area contributed by atoms with Gasteiger partial charge in [0.05, 0.1) is 18.1 Å². The second-order valence-electron chi connectivity index (χ2n) is 8.03. The van der Waals surface area contributed by atoms with Crippen molar-refractivity contribution >= 4 is 57.0 Å². The molecular formula is C26H23N3O4S. The van der Waals surface area contributed by atoms with E-state index in [1.807, 2.05) is 66.7 Å². The van der Waals surface area contributed by atoms with E-state index in [1.54, 1.807) is 6.08 Å². The van der Waals surface area contributed by atoms with Crippen molar-refractivity contribution in [2.24, 2.45) is 0 Å². The van der Waals surface area contributed by atoms with E-state index in [0.29, 0.717) is 23.8 Å². The van der Waals surface area contributed by atoms with Gasteiger partial charge in [0.25, 0.3) is 11.1 Å². The molecule has 7 nitrogen and oxygen atoms in total. The summed E-state index contributed by atoms with van der Waals surface area (Å²) in [6.07, 6.45) is 1.72. The minimum Gasteiger partial charge on any atom is -0.378 e. The summed E-state index contributed by atoms with van der Waals surface area (Å²) < 4.78 is 5.37. The van der Waals surface area contributed by atoms with Crippen molar-refractivity contribution in [3.63, 3.8) is 0 Å². The first kappa shape index (κ1) is 22.2. The van der Waals surface area contributed by atoms with E-state index in [0.717, 1.165) is 51.8 Å². The third-order valence-corrected chi connectivity index (χ3v) is 6.72. The summed E-state index contributed by atoms with van der Waals surface area (Å²) in [5.41, 5.74) is 2.53. The number of nitrogens with zero attached hydrogens (tertiary/aromatic N) is 2. The summed E-state index contributed by atoms with van der Waals surface area (Å²) in [5, 5.41) is 4.37. The molecule has 0 aromatic heterocycles. The summed E-state index contributed by atoms with van der Waals surface area (Å²) in [6.45, 7) is 2.73. The Morgan fingerprint density at radius 1 is 0.971 bits per heavy atom. The predicted octanol–water partition coefficient (Wildman–Crippen LogP) is 4.35. The van der Waals surface area contributed by atoms with Crippen LogP contribution >= 0.6 is 11.8 Å². The van der Waals surface area contributed by atoms with Crippen molar-refractivity contribution in [2.45, 2.75) is 0 Å². The molecule has 172 valence electrons. The molecule has 0 aliphatic carbocycles. The molecule has 5 rings (SSSR count).